The molecule has 0 N–H and O–H groups in total. The molecule has 2 aliphatic rings. The van der Waals surface area contributed by atoms with Crippen LogP contribution in [0.25, 0.3) is 5.57 Å². The fourth-order valence-corrected chi connectivity index (χ4v) is 4.57. The van der Waals surface area contributed by atoms with Crippen LogP contribution in [0.2, 0.25) is 0 Å². The molecule has 0 bridgehead atoms. The maximum absolute atomic E-state index is 14.6. The SMILES string of the molecule is CCC1CCC(c2ccc(C3=CCc4cc(F)ccc4C3)cc2)C(F)C1. The summed E-state index contributed by atoms with van der Waals surface area (Å²) in [6.07, 6.45) is 6.99. The van der Waals surface area contributed by atoms with Crippen molar-refractivity contribution < 1.29 is 8.78 Å². The summed E-state index contributed by atoms with van der Waals surface area (Å²) < 4.78 is 27.9. The molecule has 4 rings (SSSR count). The Morgan fingerprint density at radius 2 is 1.81 bits per heavy atom. The third-order valence-corrected chi connectivity index (χ3v) is 6.29. The van der Waals surface area contributed by atoms with Crippen LogP contribution >= 0.6 is 0 Å². The Balaban J connectivity index is 1.49. The van der Waals surface area contributed by atoms with Crippen LogP contribution in [0.15, 0.2) is 48.5 Å². The maximum atomic E-state index is 14.6. The molecule has 2 aromatic carbocycles. The lowest BCUT2D eigenvalue weighted by molar-refractivity contribution is 0.166. The summed E-state index contributed by atoms with van der Waals surface area (Å²) >= 11 is 0. The van der Waals surface area contributed by atoms with Crippen LogP contribution in [0, 0.1) is 11.7 Å². The van der Waals surface area contributed by atoms with Crippen molar-refractivity contribution >= 4 is 5.57 Å². The van der Waals surface area contributed by atoms with Gasteiger partial charge < -0.3 is 0 Å². The van der Waals surface area contributed by atoms with Crippen molar-refractivity contribution in [2.45, 2.75) is 57.5 Å². The van der Waals surface area contributed by atoms with Gasteiger partial charge in [-0.3, -0.25) is 0 Å². The molecular formula is C24H26F2. The summed E-state index contributed by atoms with van der Waals surface area (Å²) in [6, 6.07) is 13.6. The molecule has 0 saturated heterocycles. The second-order valence-corrected chi connectivity index (χ2v) is 7.86. The van der Waals surface area contributed by atoms with Crippen molar-refractivity contribution in [3.63, 3.8) is 0 Å². The molecule has 26 heavy (non-hydrogen) atoms. The van der Waals surface area contributed by atoms with Crippen molar-refractivity contribution in [1.82, 2.24) is 0 Å². The minimum atomic E-state index is -0.713. The zero-order valence-corrected chi connectivity index (χ0v) is 15.3. The van der Waals surface area contributed by atoms with Crippen LogP contribution in [0.1, 0.15) is 60.8 Å². The zero-order chi connectivity index (χ0) is 18.1. The minimum Gasteiger partial charge on any atom is -0.247 e. The highest BCUT2D eigenvalue weighted by Crippen LogP contribution is 2.39. The molecule has 1 fully saturated rings. The molecule has 0 radical (unpaired) electrons. The molecule has 3 atom stereocenters. The molecular weight excluding hydrogens is 326 g/mol. The highest BCUT2D eigenvalue weighted by atomic mass is 19.1. The number of alkyl halides is 1. The average molecular weight is 352 g/mol. The number of allylic oxidation sites excluding steroid dienone is 2. The van der Waals surface area contributed by atoms with Gasteiger partial charge in [0.25, 0.3) is 0 Å². The molecule has 136 valence electrons. The van der Waals surface area contributed by atoms with E-state index in [1.54, 1.807) is 12.1 Å². The summed E-state index contributed by atoms with van der Waals surface area (Å²) in [6.45, 7) is 2.16. The Morgan fingerprint density at radius 3 is 2.54 bits per heavy atom. The fourth-order valence-electron chi connectivity index (χ4n) is 4.57. The van der Waals surface area contributed by atoms with Gasteiger partial charge >= 0.3 is 0 Å². The third kappa shape index (κ3) is 3.47. The second-order valence-electron chi connectivity index (χ2n) is 7.86. The van der Waals surface area contributed by atoms with E-state index in [0.29, 0.717) is 12.3 Å². The predicted octanol–water partition coefficient (Wildman–Crippen LogP) is 6.64. The van der Waals surface area contributed by atoms with E-state index in [1.165, 1.54) is 16.7 Å². The van der Waals surface area contributed by atoms with Gasteiger partial charge in [-0.2, -0.15) is 0 Å². The first-order valence-corrected chi connectivity index (χ1v) is 9.84. The molecule has 3 unspecified atom stereocenters. The van der Waals surface area contributed by atoms with Crippen molar-refractivity contribution in [1.29, 1.82) is 0 Å². The monoisotopic (exact) mass is 352 g/mol. The lowest BCUT2D eigenvalue weighted by Crippen LogP contribution is -2.24. The number of fused-ring (bicyclic) bond motifs is 1. The van der Waals surface area contributed by atoms with Crippen LogP contribution in [-0.2, 0) is 12.8 Å². The van der Waals surface area contributed by atoms with Gasteiger partial charge in [0, 0.05) is 5.92 Å². The van der Waals surface area contributed by atoms with Crippen LogP contribution in [-0.4, -0.2) is 6.17 Å². The van der Waals surface area contributed by atoms with E-state index in [-0.39, 0.29) is 11.7 Å². The van der Waals surface area contributed by atoms with Gasteiger partial charge in [0.2, 0.25) is 0 Å². The summed E-state index contributed by atoms with van der Waals surface area (Å²) in [5.74, 6) is 0.442. The van der Waals surface area contributed by atoms with E-state index in [9.17, 15) is 8.78 Å². The largest absolute Gasteiger partial charge is 0.247 e. The molecule has 2 aliphatic carbocycles. The molecule has 2 heteroatoms. The van der Waals surface area contributed by atoms with Crippen LogP contribution < -0.4 is 0 Å². The van der Waals surface area contributed by atoms with E-state index in [1.807, 2.05) is 6.07 Å². The molecule has 0 nitrogen and oxygen atoms in total. The van der Waals surface area contributed by atoms with Gasteiger partial charge in [-0.1, -0.05) is 49.8 Å². The van der Waals surface area contributed by atoms with Gasteiger partial charge in [0.05, 0.1) is 0 Å². The third-order valence-electron chi connectivity index (χ3n) is 6.29. The Labute approximate surface area is 154 Å². The van der Waals surface area contributed by atoms with Gasteiger partial charge in [0.1, 0.15) is 12.0 Å². The van der Waals surface area contributed by atoms with Gasteiger partial charge in [-0.25, -0.2) is 8.78 Å². The zero-order valence-electron chi connectivity index (χ0n) is 15.3. The van der Waals surface area contributed by atoms with Crippen molar-refractivity contribution in [3.05, 3.63) is 76.6 Å². The smallest absolute Gasteiger partial charge is 0.123 e. The molecule has 0 spiro atoms. The molecule has 1 saturated carbocycles. The number of hydrogen-bond acceptors (Lipinski definition) is 0. The van der Waals surface area contributed by atoms with E-state index >= 15 is 0 Å². The Morgan fingerprint density at radius 1 is 1.00 bits per heavy atom. The number of hydrogen-bond donors (Lipinski definition) is 0. The summed E-state index contributed by atoms with van der Waals surface area (Å²) in [7, 11) is 0. The van der Waals surface area contributed by atoms with Crippen LogP contribution in [0.5, 0.6) is 0 Å². The molecule has 2 aromatic rings. The average Bonchev–Trinajstić information content (AvgIpc) is 2.67. The molecule has 0 heterocycles. The van der Waals surface area contributed by atoms with Crippen molar-refractivity contribution in [3.8, 4) is 0 Å². The van der Waals surface area contributed by atoms with Gasteiger partial charge in [0.15, 0.2) is 0 Å². The summed E-state index contributed by atoms with van der Waals surface area (Å²) in [5.41, 5.74) is 5.89. The van der Waals surface area contributed by atoms with Crippen molar-refractivity contribution in [2.24, 2.45) is 5.92 Å². The fraction of sp³-hybridized carbons (Fsp3) is 0.417. The van der Waals surface area contributed by atoms with Crippen molar-refractivity contribution in [2.75, 3.05) is 0 Å². The second kappa shape index (κ2) is 7.34. The Bertz CT molecular complexity index is 803. The van der Waals surface area contributed by atoms with E-state index in [0.717, 1.165) is 43.2 Å². The highest BCUT2D eigenvalue weighted by molar-refractivity contribution is 5.70. The van der Waals surface area contributed by atoms with Gasteiger partial charge in [-0.15, -0.1) is 0 Å². The maximum Gasteiger partial charge on any atom is 0.123 e. The number of benzene rings is 2. The molecule has 0 aliphatic heterocycles. The standard InChI is InChI=1S/C24H26F2/c1-2-16-3-12-23(24(26)13-16)18-6-4-17(5-7-18)19-8-9-21-15-22(25)11-10-20(21)14-19/h4-8,10-11,15-16,23-24H,2-3,9,12-14H2,1H3. The Hall–Kier alpha value is -1.96. The normalized spacial score (nSPS) is 25.5. The first kappa shape index (κ1) is 17.5. The quantitative estimate of drug-likeness (QED) is 0.581. The van der Waals surface area contributed by atoms with E-state index in [4.69, 9.17) is 0 Å². The molecule has 0 amide bonds. The summed E-state index contributed by atoms with van der Waals surface area (Å²) in [4.78, 5) is 0. The predicted molar refractivity (Wildman–Crippen MR) is 103 cm³/mol. The lowest BCUT2D eigenvalue weighted by atomic mass is 9.76. The van der Waals surface area contributed by atoms with Gasteiger partial charge in [-0.05, 0) is 78.0 Å². The van der Waals surface area contributed by atoms with E-state index < -0.39 is 6.17 Å². The van der Waals surface area contributed by atoms with E-state index in [2.05, 4.69) is 37.3 Å². The molecule has 0 aromatic heterocycles. The first-order chi connectivity index (χ1) is 12.6. The Kier molecular flexibility index (Phi) is 4.93. The number of rotatable bonds is 3. The highest BCUT2D eigenvalue weighted by Gasteiger charge is 2.30. The lowest BCUT2D eigenvalue weighted by Gasteiger charge is -2.31. The number of halogens is 2. The van der Waals surface area contributed by atoms with Crippen LogP contribution in [0.4, 0.5) is 8.78 Å². The minimum absolute atomic E-state index is 0.0517. The summed E-state index contributed by atoms with van der Waals surface area (Å²) in [5, 5.41) is 0. The first-order valence-electron chi connectivity index (χ1n) is 9.84. The topological polar surface area (TPSA) is 0 Å². The van der Waals surface area contributed by atoms with Crippen LogP contribution in [0.3, 0.4) is 0 Å².